The van der Waals surface area contributed by atoms with Gasteiger partial charge in [-0.05, 0) is 72.3 Å². The molecule has 1 aromatic heterocycles. The molecule has 1 saturated heterocycles. The Morgan fingerprint density at radius 1 is 1.15 bits per heavy atom. The van der Waals surface area contributed by atoms with E-state index in [1.807, 2.05) is 0 Å². The number of hydrogen-bond acceptors (Lipinski definition) is 10. The Morgan fingerprint density at radius 3 is 2.56 bits per heavy atom. The number of furan rings is 1. The van der Waals surface area contributed by atoms with E-state index >= 15 is 0 Å². The van der Waals surface area contributed by atoms with Gasteiger partial charge in [-0.2, -0.15) is 0 Å². The lowest BCUT2D eigenvalue weighted by atomic mass is 10.1. The van der Waals surface area contributed by atoms with Gasteiger partial charge in [0.2, 0.25) is 5.76 Å². The van der Waals surface area contributed by atoms with Crippen LogP contribution in [-0.4, -0.2) is 40.7 Å². The third kappa shape index (κ3) is 6.41. The lowest BCUT2D eigenvalue weighted by Crippen LogP contribution is -2.27. The molecule has 0 spiro atoms. The number of hydrogen-bond donors (Lipinski definition) is 0. The van der Waals surface area contributed by atoms with Gasteiger partial charge in [0.1, 0.15) is 12.4 Å². The van der Waals surface area contributed by atoms with Crippen LogP contribution in [0, 0.1) is 10.1 Å². The molecule has 0 atom stereocenters. The summed E-state index contributed by atoms with van der Waals surface area (Å²) in [5, 5.41) is 10.6. The number of nitrogens with zero attached hydrogens (tertiary/aromatic N) is 2. The lowest BCUT2D eigenvalue weighted by molar-refractivity contribution is -0.384. The fourth-order valence-electron chi connectivity index (χ4n) is 3.56. The molecule has 0 bridgehead atoms. The quantitative estimate of drug-likeness (QED) is 0.126. The second-order valence-electron chi connectivity index (χ2n) is 8.00. The number of nitro benzene ring substituents is 1. The van der Waals surface area contributed by atoms with E-state index in [0.29, 0.717) is 23.5 Å². The van der Waals surface area contributed by atoms with Gasteiger partial charge < -0.3 is 18.6 Å². The highest BCUT2D eigenvalue weighted by Crippen LogP contribution is 2.40. The minimum atomic E-state index is -0.669. The number of benzene rings is 2. The van der Waals surface area contributed by atoms with Gasteiger partial charge in [-0.1, -0.05) is 11.6 Å². The first-order chi connectivity index (χ1) is 18.7. The van der Waals surface area contributed by atoms with Crippen molar-refractivity contribution in [2.45, 2.75) is 20.1 Å². The second-order valence-corrected chi connectivity index (χ2v) is 9.40. The van der Waals surface area contributed by atoms with Gasteiger partial charge >= 0.3 is 5.97 Å². The Balaban J connectivity index is 1.51. The van der Waals surface area contributed by atoms with Crippen LogP contribution < -0.4 is 9.47 Å². The Hall–Kier alpha value is -4.29. The summed E-state index contributed by atoms with van der Waals surface area (Å²) in [5.41, 5.74) is 1.16. The molecule has 0 N–H and O–H groups in total. The summed E-state index contributed by atoms with van der Waals surface area (Å²) in [4.78, 5) is 48.6. The molecule has 13 heteroatoms. The number of carbonyl (C=O) groups excluding carboxylic acids is 3. The van der Waals surface area contributed by atoms with Crippen molar-refractivity contribution in [1.82, 2.24) is 4.90 Å². The molecular formula is C26H21ClN2O9S. The van der Waals surface area contributed by atoms with Crippen molar-refractivity contribution in [2.75, 3.05) is 13.7 Å². The molecule has 2 heterocycles. The number of halogens is 1. The summed E-state index contributed by atoms with van der Waals surface area (Å²) < 4.78 is 21.5. The van der Waals surface area contributed by atoms with Gasteiger partial charge in [0.25, 0.3) is 16.8 Å². The topological polar surface area (TPSA) is 138 Å². The third-order valence-corrected chi connectivity index (χ3v) is 6.58. The van der Waals surface area contributed by atoms with Crippen molar-refractivity contribution >= 4 is 52.2 Å². The number of methoxy groups -OCH3 is 1. The second kappa shape index (κ2) is 12.0. The molecule has 0 aliphatic carbocycles. The Kier molecular flexibility index (Phi) is 8.57. The van der Waals surface area contributed by atoms with Crippen molar-refractivity contribution in [2.24, 2.45) is 0 Å². The smallest absolute Gasteiger partial charge is 0.373 e. The summed E-state index contributed by atoms with van der Waals surface area (Å²) in [5.74, 6) is -0.408. The summed E-state index contributed by atoms with van der Waals surface area (Å²) >= 11 is 7.24. The normalized spacial score (nSPS) is 14.1. The Bertz CT molecular complexity index is 1470. The van der Waals surface area contributed by atoms with E-state index in [2.05, 4.69) is 4.74 Å². The van der Waals surface area contributed by atoms with Gasteiger partial charge in [0.15, 0.2) is 11.5 Å². The van der Waals surface area contributed by atoms with Crippen molar-refractivity contribution in [3.63, 3.8) is 0 Å². The number of amides is 2. The largest absolute Gasteiger partial charge is 0.490 e. The Labute approximate surface area is 231 Å². The number of thioether (sulfide) groups is 1. The molecule has 2 amide bonds. The zero-order chi connectivity index (χ0) is 28.1. The van der Waals surface area contributed by atoms with Gasteiger partial charge in [-0.15, -0.1) is 0 Å². The van der Waals surface area contributed by atoms with E-state index < -0.39 is 22.0 Å². The molecule has 1 aliphatic heterocycles. The van der Waals surface area contributed by atoms with E-state index in [1.165, 1.54) is 37.5 Å². The molecule has 1 aliphatic rings. The van der Waals surface area contributed by atoms with Crippen LogP contribution in [0.5, 0.6) is 11.5 Å². The summed E-state index contributed by atoms with van der Waals surface area (Å²) in [6.45, 7) is 2.02. The van der Waals surface area contributed by atoms with Gasteiger partial charge in [0.05, 0.1) is 35.1 Å². The molecule has 0 saturated carbocycles. The molecule has 0 unspecified atom stereocenters. The average Bonchev–Trinajstić information content (AvgIpc) is 3.48. The van der Waals surface area contributed by atoms with Crippen molar-refractivity contribution < 1.29 is 37.9 Å². The van der Waals surface area contributed by atoms with Crippen LogP contribution in [0.2, 0.25) is 5.02 Å². The monoisotopic (exact) mass is 572 g/mol. The molecule has 2 aromatic carbocycles. The molecule has 11 nitrogen and oxygen atoms in total. The van der Waals surface area contributed by atoms with Crippen LogP contribution in [0.3, 0.4) is 0 Å². The van der Waals surface area contributed by atoms with E-state index in [4.69, 9.17) is 25.5 Å². The zero-order valence-corrected chi connectivity index (χ0v) is 22.2. The van der Waals surface area contributed by atoms with Crippen molar-refractivity contribution in [3.05, 3.63) is 91.2 Å². The molecule has 202 valence electrons. The first kappa shape index (κ1) is 27.7. The number of carbonyl (C=O) groups is 3. The first-order valence-corrected chi connectivity index (χ1v) is 12.6. The van der Waals surface area contributed by atoms with Crippen LogP contribution in [0.15, 0.2) is 57.9 Å². The van der Waals surface area contributed by atoms with Crippen LogP contribution >= 0.6 is 23.4 Å². The standard InChI is InChI=1S/C26H21ClN2O9S/c1-3-36-21-11-16(10-19(27)23(21)37-14-15-4-6-17(7-5-15)29(33)34)12-22-24(30)28(26(32)39-22)13-18-8-9-20(38-18)25(31)35-2/h4-12H,3,13-14H2,1-2H3/b22-12+. The van der Waals surface area contributed by atoms with Crippen molar-refractivity contribution in [1.29, 1.82) is 0 Å². The molecule has 0 radical (unpaired) electrons. The van der Waals surface area contributed by atoms with Gasteiger partial charge in [0, 0.05) is 12.1 Å². The minimum Gasteiger partial charge on any atom is -0.490 e. The maximum absolute atomic E-state index is 13.0. The maximum atomic E-state index is 13.0. The van der Waals surface area contributed by atoms with Crippen LogP contribution in [0.1, 0.15) is 34.4 Å². The molecule has 4 rings (SSSR count). The van der Waals surface area contributed by atoms with E-state index in [1.54, 1.807) is 31.2 Å². The molecular weight excluding hydrogens is 552 g/mol. The number of rotatable bonds is 10. The van der Waals surface area contributed by atoms with E-state index in [9.17, 15) is 24.5 Å². The fraction of sp³-hybridized carbons (Fsp3) is 0.192. The summed E-state index contributed by atoms with van der Waals surface area (Å²) in [6.07, 6.45) is 1.52. The molecule has 3 aromatic rings. The first-order valence-electron chi connectivity index (χ1n) is 11.4. The molecule has 39 heavy (non-hydrogen) atoms. The predicted molar refractivity (Wildman–Crippen MR) is 142 cm³/mol. The zero-order valence-electron chi connectivity index (χ0n) is 20.7. The van der Waals surface area contributed by atoms with Crippen LogP contribution in [-0.2, 0) is 22.7 Å². The highest BCUT2D eigenvalue weighted by molar-refractivity contribution is 8.18. The van der Waals surface area contributed by atoms with E-state index in [-0.39, 0.29) is 46.0 Å². The SMILES string of the molecule is CCOc1cc(/C=C2/SC(=O)N(Cc3ccc(C(=O)OC)o3)C2=O)cc(Cl)c1OCc1ccc([N+](=O)[O-])cc1. The highest BCUT2D eigenvalue weighted by Gasteiger charge is 2.36. The number of esters is 1. The van der Waals surface area contributed by atoms with E-state index in [0.717, 1.165) is 16.7 Å². The number of non-ortho nitro benzene ring substituents is 1. The fourth-order valence-corrected chi connectivity index (χ4v) is 4.67. The van der Waals surface area contributed by atoms with Gasteiger partial charge in [-0.25, -0.2) is 4.79 Å². The maximum Gasteiger partial charge on any atom is 0.373 e. The van der Waals surface area contributed by atoms with Crippen LogP contribution in [0.25, 0.3) is 6.08 Å². The van der Waals surface area contributed by atoms with Crippen LogP contribution in [0.4, 0.5) is 10.5 Å². The lowest BCUT2D eigenvalue weighted by Gasteiger charge is -2.15. The summed E-state index contributed by atoms with van der Waals surface area (Å²) in [6, 6.07) is 12.0. The number of ether oxygens (including phenoxy) is 3. The third-order valence-electron chi connectivity index (χ3n) is 5.40. The molecule has 1 fully saturated rings. The minimum absolute atomic E-state index is 0.0318. The van der Waals surface area contributed by atoms with Crippen molar-refractivity contribution in [3.8, 4) is 11.5 Å². The Morgan fingerprint density at radius 2 is 1.90 bits per heavy atom. The predicted octanol–water partition coefficient (Wildman–Crippen LogP) is 5.84. The highest BCUT2D eigenvalue weighted by atomic mass is 35.5. The summed E-state index contributed by atoms with van der Waals surface area (Å²) in [7, 11) is 1.21. The average molecular weight is 573 g/mol. The van der Waals surface area contributed by atoms with Gasteiger partial charge in [-0.3, -0.25) is 24.6 Å². The number of nitro groups is 1. The number of imide groups is 1.